The molecule has 0 aliphatic rings. The molecule has 0 radical (unpaired) electrons. The van der Waals surface area contributed by atoms with E-state index in [4.69, 9.17) is 0 Å². The van der Waals surface area contributed by atoms with Gasteiger partial charge < -0.3 is 5.11 Å². The molecule has 3 nitrogen and oxygen atoms in total. The molecule has 2 rings (SSSR count). The molecule has 3 heteroatoms. The quantitative estimate of drug-likeness (QED) is 0.833. The van der Waals surface area contributed by atoms with Gasteiger partial charge in [-0.15, -0.1) is 0 Å². The Balaban J connectivity index is 2.42. The van der Waals surface area contributed by atoms with Crippen molar-refractivity contribution >= 4 is 0 Å². The lowest BCUT2D eigenvalue weighted by atomic mass is 9.97. The van der Waals surface area contributed by atoms with Crippen LogP contribution in [0, 0.1) is 13.8 Å². The zero-order chi connectivity index (χ0) is 11.5. The summed E-state index contributed by atoms with van der Waals surface area (Å²) in [6.07, 6.45) is 2.41. The molecule has 0 aliphatic heterocycles. The molecular weight excluding hydrogens is 200 g/mol. The number of hydrogen-bond donors (Lipinski definition) is 1. The van der Waals surface area contributed by atoms with Crippen LogP contribution in [0.5, 0.6) is 0 Å². The van der Waals surface area contributed by atoms with Gasteiger partial charge in [-0.25, -0.2) is 9.97 Å². The summed E-state index contributed by atoms with van der Waals surface area (Å²) in [5.41, 5.74) is 3.81. The van der Waals surface area contributed by atoms with E-state index in [9.17, 15) is 5.11 Å². The van der Waals surface area contributed by atoms with E-state index in [0.29, 0.717) is 5.69 Å². The van der Waals surface area contributed by atoms with Crippen LogP contribution in [-0.4, -0.2) is 15.1 Å². The lowest BCUT2D eigenvalue weighted by molar-refractivity contribution is 0.214. The number of aliphatic hydroxyl groups excluding tert-OH is 1. The predicted octanol–water partition coefficient (Wildman–Crippen LogP) is 2.18. The lowest BCUT2D eigenvalue weighted by Crippen LogP contribution is -2.05. The molecule has 0 aliphatic carbocycles. The van der Waals surface area contributed by atoms with Crippen LogP contribution in [0.1, 0.15) is 28.5 Å². The second-order valence-corrected chi connectivity index (χ2v) is 3.83. The molecule has 0 saturated heterocycles. The van der Waals surface area contributed by atoms with Gasteiger partial charge in [0.1, 0.15) is 12.4 Å². The van der Waals surface area contributed by atoms with Crippen molar-refractivity contribution in [3.8, 4) is 0 Å². The second kappa shape index (κ2) is 4.41. The normalized spacial score (nSPS) is 12.4. The van der Waals surface area contributed by atoms with Gasteiger partial charge in [-0.1, -0.05) is 18.2 Å². The lowest BCUT2D eigenvalue weighted by Gasteiger charge is -2.14. The van der Waals surface area contributed by atoms with E-state index in [2.05, 4.69) is 9.97 Å². The number of benzene rings is 1. The average Bonchev–Trinajstić information content (AvgIpc) is 2.33. The summed E-state index contributed by atoms with van der Waals surface area (Å²) >= 11 is 0. The predicted molar refractivity (Wildman–Crippen MR) is 62.0 cm³/mol. The van der Waals surface area contributed by atoms with Crippen molar-refractivity contribution in [2.45, 2.75) is 20.0 Å². The van der Waals surface area contributed by atoms with Crippen molar-refractivity contribution < 1.29 is 5.11 Å². The molecule has 16 heavy (non-hydrogen) atoms. The molecule has 1 unspecified atom stereocenters. The molecule has 0 amide bonds. The first kappa shape index (κ1) is 10.8. The highest BCUT2D eigenvalue weighted by Crippen LogP contribution is 2.24. The maximum Gasteiger partial charge on any atom is 0.121 e. The Morgan fingerprint density at radius 2 is 2.00 bits per heavy atom. The summed E-state index contributed by atoms with van der Waals surface area (Å²) in [6, 6.07) is 7.63. The van der Waals surface area contributed by atoms with E-state index < -0.39 is 6.10 Å². The second-order valence-electron chi connectivity index (χ2n) is 3.83. The molecule has 0 saturated carbocycles. The van der Waals surface area contributed by atoms with Crippen molar-refractivity contribution in [1.29, 1.82) is 0 Å². The van der Waals surface area contributed by atoms with Gasteiger partial charge in [-0.3, -0.25) is 0 Å². The number of rotatable bonds is 2. The highest BCUT2D eigenvalue weighted by atomic mass is 16.3. The summed E-state index contributed by atoms with van der Waals surface area (Å²) in [7, 11) is 0. The van der Waals surface area contributed by atoms with Crippen LogP contribution < -0.4 is 0 Å². The highest BCUT2D eigenvalue weighted by molar-refractivity contribution is 5.37. The van der Waals surface area contributed by atoms with E-state index in [1.54, 1.807) is 12.3 Å². The standard InChI is InChI=1S/C13H14N2O/c1-9-4-3-5-11(10(9)2)13(16)12-6-7-14-8-15-12/h3-8,13,16H,1-2H3. The molecule has 2 aromatic rings. The van der Waals surface area contributed by atoms with E-state index in [1.165, 1.54) is 11.9 Å². The van der Waals surface area contributed by atoms with Crippen LogP contribution in [0.2, 0.25) is 0 Å². The van der Waals surface area contributed by atoms with Gasteiger partial charge in [0, 0.05) is 6.20 Å². The Bertz CT molecular complexity index is 483. The molecule has 1 N–H and O–H groups in total. The Labute approximate surface area is 94.8 Å². The van der Waals surface area contributed by atoms with E-state index in [1.807, 2.05) is 32.0 Å². The number of nitrogens with zero attached hydrogens (tertiary/aromatic N) is 2. The van der Waals surface area contributed by atoms with Gasteiger partial charge in [-0.2, -0.15) is 0 Å². The molecule has 1 atom stereocenters. The molecular formula is C13H14N2O. The average molecular weight is 214 g/mol. The maximum absolute atomic E-state index is 10.2. The number of hydrogen-bond acceptors (Lipinski definition) is 3. The van der Waals surface area contributed by atoms with Crippen molar-refractivity contribution in [2.75, 3.05) is 0 Å². The first-order valence-corrected chi connectivity index (χ1v) is 5.20. The fourth-order valence-corrected chi connectivity index (χ4v) is 1.69. The monoisotopic (exact) mass is 214 g/mol. The minimum Gasteiger partial charge on any atom is -0.382 e. The molecule has 1 aromatic carbocycles. The number of aliphatic hydroxyl groups is 1. The molecule has 1 heterocycles. The van der Waals surface area contributed by atoms with E-state index in [-0.39, 0.29) is 0 Å². The van der Waals surface area contributed by atoms with Crippen molar-refractivity contribution in [3.63, 3.8) is 0 Å². The molecule has 0 bridgehead atoms. The van der Waals surface area contributed by atoms with Gasteiger partial charge >= 0.3 is 0 Å². The third-order valence-electron chi connectivity index (χ3n) is 2.83. The Morgan fingerprint density at radius 1 is 1.19 bits per heavy atom. The Kier molecular flexibility index (Phi) is 2.97. The van der Waals surface area contributed by atoms with Crippen LogP contribution in [0.3, 0.4) is 0 Å². The van der Waals surface area contributed by atoms with Gasteiger partial charge in [0.05, 0.1) is 5.69 Å². The summed E-state index contributed by atoms with van der Waals surface area (Å²) in [5, 5.41) is 10.2. The third kappa shape index (κ3) is 1.95. The number of aryl methyl sites for hydroxylation is 1. The number of aromatic nitrogens is 2. The Morgan fingerprint density at radius 3 is 2.69 bits per heavy atom. The highest BCUT2D eigenvalue weighted by Gasteiger charge is 2.14. The Hall–Kier alpha value is -1.74. The molecule has 82 valence electrons. The van der Waals surface area contributed by atoms with Crippen molar-refractivity contribution in [1.82, 2.24) is 9.97 Å². The largest absolute Gasteiger partial charge is 0.382 e. The van der Waals surface area contributed by atoms with Crippen LogP contribution in [-0.2, 0) is 0 Å². The van der Waals surface area contributed by atoms with Gasteiger partial charge in [0.25, 0.3) is 0 Å². The minimum absolute atomic E-state index is 0.628. The molecule has 0 fully saturated rings. The topological polar surface area (TPSA) is 46.0 Å². The van der Waals surface area contributed by atoms with Gasteiger partial charge in [-0.05, 0) is 36.6 Å². The zero-order valence-electron chi connectivity index (χ0n) is 9.38. The van der Waals surface area contributed by atoms with Crippen LogP contribution in [0.4, 0.5) is 0 Å². The van der Waals surface area contributed by atoms with Gasteiger partial charge in [0.2, 0.25) is 0 Å². The van der Waals surface area contributed by atoms with Gasteiger partial charge in [0.15, 0.2) is 0 Å². The summed E-state index contributed by atoms with van der Waals surface area (Å²) in [6.45, 7) is 4.04. The minimum atomic E-state index is -0.678. The van der Waals surface area contributed by atoms with Crippen molar-refractivity contribution in [2.24, 2.45) is 0 Å². The summed E-state index contributed by atoms with van der Waals surface area (Å²) in [4.78, 5) is 7.90. The van der Waals surface area contributed by atoms with Crippen LogP contribution >= 0.6 is 0 Å². The van der Waals surface area contributed by atoms with E-state index in [0.717, 1.165) is 11.1 Å². The molecule has 0 spiro atoms. The smallest absolute Gasteiger partial charge is 0.121 e. The molecule has 1 aromatic heterocycles. The fraction of sp³-hybridized carbons (Fsp3) is 0.231. The third-order valence-corrected chi connectivity index (χ3v) is 2.83. The van der Waals surface area contributed by atoms with Crippen molar-refractivity contribution in [3.05, 3.63) is 59.2 Å². The fourth-order valence-electron chi connectivity index (χ4n) is 1.69. The maximum atomic E-state index is 10.2. The SMILES string of the molecule is Cc1cccc(C(O)c2ccncn2)c1C. The first-order chi connectivity index (χ1) is 7.70. The van der Waals surface area contributed by atoms with Crippen LogP contribution in [0.15, 0.2) is 36.8 Å². The summed E-state index contributed by atoms with van der Waals surface area (Å²) in [5.74, 6) is 0. The van der Waals surface area contributed by atoms with E-state index >= 15 is 0 Å². The van der Waals surface area contributed by atoms with Crippen LogP contribution in [0.25, 0.3) is 0 Å². The summed E-state index contributed by atoms with van der Waals surface area (Å²) < 4.78 is 0. The zero-order valence-corrected chi connectivity index (χ0v) is 9.38. The first-order valence-electron chi connectivity index (χ1n) is 5.20.